The van der Waals surface area contributed by atoms with E-state index in [-0.39, 0.29) is 23.9 Å². The molecule has 13 heavy (non-hydrogen) atoms. The van der Waals surface area contributed by atoms with Gasteiger partial charge < -0.3 is 5.73 Å². The monoisotopic (exact) mass is 183 g/mol. The molecule has 72 valence electrons. The maximum atomic E-state index is 11.3. The molecule has 0 bridgehead atoms. The smallest absolute Gasteiger partial charge is 0.244 e. The fraction of sp³-hybridized carbons (Fsp3) is 0.750. The minimum Gasteiger partial charge on any atom is -0.326 e. The SMILES string of the molecule is N[C@@H]1CCN(C2CC(=O)NC2=O)C1. The lowest BCUT2D eigenvalue weighted by molar-refractivity contribution is -0.126. The lowest BCUT2D eigenvalue weighted by atomic mass is 10.2. The van der Waals surface area contributed by atoms with E-state index in [4.69, 9.17) is 5.73 Å². The number of imide groups is 1. The van der Waals surface area contributed by atoms with Crippen molar-refractivity contribution in [2.75, 3.05) is 13.1 Å². The van der Waals surface area contributed by atoms with E-state index in [9.17, 15) is 9.59 Å². The third kappa shape index (κ3) is 1.57. The Morgan fingerprint density at radius 1 is 1.46 bits per heavy atom. The molecule has 0 aromatic carbocycles. The molecule has 5 nitrogen and oxygen atoms in total. The number of hydrogen-bond donors (Lipinski definition) is 2. The number of nitrogens with two attached hydrogens (primary N) is 1. The maximum absolute atomic E-state index is 11.3. The third-order valence-electron chi connectivity index (χ3n) is 2.64. The standard InChI is InChI=1S/C8H13N3O2/c9-5-1-2-11(4-5)6-3-7(12)10-8(6)13/h5-6H,1-4,9H2,(H,10,12,13)/t5-,6?/m1/s1. The van der Waals surface area contributed by atoms with Crippen molar-refractivity contribution in [3.05, 3.63) is 0 Å². The van der Waals surface area contributed by atoms with Crippen LogP contribution in [0.4, 0.5) is 0 Å². The molecular formula is C8H13N3O2. The lowest BCUT2D eigenvalue weighted by Gasteiger charge is -2.19. The number of nitrogens with one attached hydrogen (secondary N) is 1. The van der Waals surface area contributed by atoms with E-state index in [1.807, 2.05) is 4.90 Å². The molecule has 2 heterocycles. The molecule has 0 saturated carbocycles. The number of rotatable bonds is 1. The number of carbonyl (C=O) groups excluding carboxylic acids is 2. The first-order chi connectivity index (χ1) is 6.16. The first-order valence-corrected chi connectivity index (χ1v) is 4.50. The van der Waals surface area contributed by atoms with E-state index in [0.717, 1.165) is 19.5 Å². The Kier molecular flexibility index (Phi) is 2.05. The lowest BCUT2D eigenvalue weighted by Crippen LogP contribution is -2.40. The second-order valence-electron chi connectivity index (χ2n) is 3.68. The molecule has 0 aromatic rings. The first-order valence-electron chi connectivity index (χ1n) is 4.50. The fourth-order valence-electron chi connectivity index (χ4n) is 1.93. The van der Waals surface area contributed by atoms with Gasteiger partial charge in [0.2, 0.25) is 11.8 Å². The third-order valence-corrected chi connectivity index (χ3v) is 2.64. The van der Waals surface area contributed by atoms with Gasteiger partial charge in [-0.1, -0.05) is 0 Å². The van der Waals surface area contributed by atoms with Crippen molar-refractivity contribution in [2.45, 2.75) is 24.9 Å². The molecule has 2 rings (SSSR count). The van der Waals surface area contributed by atoms with Crippen LogP contribution < -0.4 is 11.1 Å². The second-order valence-corrected chi connectivity index (χ2v) is 3.68. The molecule has 0 spiro atoms. The van der Waals surface area contributed by atoms with E-state index in [2.05, 4.69) is 5.32 Å². The van der Waals surface area contributed by atoms with Crippen LogP contribution in [0.5, 0.6) is 0 Å². The summed E-state index contributed by atoms with van der Waals surface area (Å²) >= 11 is 0. The summed E-state index contributed by atoms with van der Waals surface area (Å²) in [4.78, 5) is 24.2. The molecule has 3 N–H and O–H groups in total. The molecule has 2 aliphatic rings. The predicted octanol–water partition coefficient (Wildman–Crippen LogP) is -1.57. The van der Waals surface area contributed by atoms with Crippen LogP contribution >= 0.6 is 0 Å². The fourth-order valence-corrected chi connectivity index (χ4v) is 1.93. The minimum absolute atomic E-state index is 0.156. The summed E-state index contributed by atoms with van der Waals surface area (Å²) < 4.78 is 0. The number of hydrogen-bond acceptors (Lipinski definition) is 4. The molecule has 0 radical (unpaired) electrons. The van der Waals surface area contributed by atoms with Crippen LogP contribution in [0.3, 0.4) is 0 Å². The van der Waals surface area contributed by atoms with Crippen molar-refractivity contribution >= 4 is 11.8 Å². The highest BCUT2D eigenvalue weighted by Crippen LogP contribution is 2.16. The number of nitrogens with zero attached hydrogens (tertiary/aromatic N) is 1. The topological polar surface area (TPSA) is 75.4 Å². The molecule has 2 aliphatic heterocycles. The quantitative estimate of drug-likeness (QED) is 0.482. The van der Waals surface area contributed by atoms with Gasteiger partial charge in [0.25, 0.3) is 0 Å². The van der Waals surface area contributed by atoms with Gasteiger partial charge in [0, 0.05) is 19.1 Å². The Hall–Kier alpha value is -0.940. The molecule has 0 aromatic heterocycles. The molecular weight excluding hydrogens is 170 g/mol. The van der Waals surface area contributed by atoms with Crippen molar-refractivity contribution in [2.24, 2.45) is 5.73 Å². The van der Waals surface area contributed by atoms with Gasteiger partial charge >= 0.3 is 0 Å². The number of carbonyl (C=O) groups is 2. The summed E-state index contributed by atoms with van der Waals surface area (Å²) in [5.74, 6) is -0.338. The van der Waals surface area contributed by atoms with Crippen LogP contribution in [-0.2, 0) is 9.59 Å². The Morgan fingerprint density at radius 3 is 2.69 bits per heavy atom. The summed E-state index contributed by atoms with van der Waals surface area (Å²) in [6, 6.07) is -0.107. The number of amides is 2. The van der Waals surface area contributed by atoms with E-state index in [1.165, 1.54) is 0 Å². The van der Waals surface area contributed by atoms with Gasteiger partial charge in [0.1, 0.15) is 0 Å². The van der Waals surface area contributed by atoms with E-state index in [0.29, 0.717) is 6.42 Å². The van der Waals surface area contributed by atoms with Gasteiger partial charge in [-0.2, -0.15) is 0 Å². The highest BCUT2D eigenvalue weighted by molar-refractivity contribution is 6.05. The normalized spacial score (nSPS) is 35.5. The summed E-state index contributed by atoms with van der Waals surface area (Å²) in [6.07, 6.45) is 1.21. The minimum atomic E-state index is -0.263. The van der Waals surface area contributed by atoms with E-state index < -0.39 is 0 Å². The van der Waals surface area contributed by atoms with Crippen LogP contribution in [0.2, 0.25) is 0 Å². The molecule has 5 heteroatoms. The highest BCUT2D eigenvalue weighted by atomic mass is 16.2. The zero-order valence-corrected chi connectivity index (χ0v) is 7.32. The molecule has 2 saturated heterocycles. The molecule has 2 atom stereocenters. The molecule has 1 unspecified atom stereocenters. The van der Waals surface area contributed by atoms with Gasteiger partial charge in [-0.15, -0.1) is 0 Å². The van der Waals surface area contributed by atoms with Crippen molar-refractivity contribution in [3.8, 4) is 0 Å². The zero-order chi connectivity index (χ0) is 9.42. The Morgan fingerprint density at radius 2 is 2.23 bits per heavy atom. The Balaban J connectivity index is 2.01. The summed E-state index contributed by atoms with van der Waals surface area (Å²) in [7, 11) is 0. The van der Waals surface area contributed by atoms with E-state index >= 15 is 0 Å². The molecule has 0 aliphatic carbocycles. The van der Waals surface area contributed by atoms with Crippen LogP contribution in [0.1, 0.15) is 12.8 Å². The van der Waals surface area contributed by atoms with Gasteiger partial charge in [-0.3, -0.25) is 19.8 Å². The largest absolute Gasteiger partial charge is 0.326 e. The average molecular weight is 183 g/mol. The van der Waals surface area contributed by atoms with Crippen molar-refractivity contribution in [3.63, 3.8) is 0 Å². The van der Waals surface area contributed by atoms with Crippen molar-refractivity contribution < 1.29 is 9.59 Å². The Bertz CT molecular complexity index is 254. The highest BCUT2D eigenvalue weighted by Gasteiger charge is 2.37. The Labute approximate surface area is 76.3 Å². The first kappa shape index (κ1) is 8.65. The average Bonchev–Trinajstić information content (AvgIpc) is 2.58. The van der Waals surface area contributed by atoms with Crippen molar-refractivity contribution in [1.82, 2.24) is 10.2 Å². The van der Waals surface area contributed by atoms with Gasteiger partial charge in [-0.05, 0) is 6.42 Å². The van der Waals surface area contributed by atoms with Crippen molar-refractivity contribution in [1.29, 1.82) is 0 Å². The van der Waals surface area contributed by atoms with E-state index in [1.54, 1.807) is 0 Å². The summed E-state index contributed by atoms with van der Waals surface area (Å²) in [5.41, 5.74) is 5.71. The van der Waals surface area contributed by atoms with Gasteiger partial charge in [0.15, 0.2) is 0 Å². The van der Waals surface area contributed by atoms with Crippen LogP contribution in [0, 0.1) is 0 Å². The van der Waals surface area contributed by atoms with Crippen LogP contribution in [-0.4, -0.2) is 41.9 Å². The molecule has 2 fully saturated rings. The maximum Gasteiger partial charge on any atom is 0.244 e. The van der Waals surface area contributed by atoms with Crippen LogP contribution in [0.25, 0.3) is 0 Å². The van der Waals surface area contributed by atoms with Gasteiger partial charge in [-0.25, -0.2) is 0 Å². The number of likely N-dealkylation sites (tertiary alicyclic amines) is 1. The summed E-state index contributed by atoms with van der Waals surface area (Å²) in [5, 5.41) is 2.30. The summed E-state index contributed by atoms with van der Waals surface area (Å²) in [6.45, 7) is 1.55. The zero-order valence-electron chi connectivity index (χ0n) is 7.32. The molecule has 2 amide bonds. The predicted molar refractivity (Wildman–Crippen MR) is 45.7 cm³/mol. The second kappa shape index (κ2) is 3.08. The van der Waals surface area contributed by atoms with Crippen LogP contribution in [0.15, 0.2) is 0 Å². The van der Waals surface area contributed by atoms with Gasteiger partial charge in [0.05, 0.1) is 12.5 Å².